The monoisotopic (exact) mass is 98.0 g/mol. The minimum absolute atomic E-state index is 0.588. The van der Waals surface area contributed by atoms with Crippen molar-refractivity contribution in [1.29, 1.82) is 5.53 Å². The third-order valence-corrected chi connectivity index (χ3v) is 0.323. The Kier molecular flexibility index (Phi) is 2.40. The van der Waals surface area contributed by atoms with Crippen molar-refractivity contribution in [3.63, 3.8) is 0 Å². The van der Waals surface area contributed by atoms with Gasteiger partial charge in [-0.1, -0.05) is 6.58 Å². The van der Waals surface area contributed by atoms with Crippen LogP contribution in [0.1, 0.15) is 0 Å². The van der Waals surface area contributed by atoms with E-state index in [1.165, 1.54) is 0 Å². The van der Waals surface area contributed by atoms with Crippen LogP contribution in [0.3, 0.4) is 0 Å². The predicted molar refractivity (Wildman–Crippen MR) is 22.5 cm³/mol. The van der Waals surface area contributed by atoms with E-state index < -0.39 is 5.91 Å². The molecule has 0 unspecified atom stereocenters. The van der Waals surface area contributed by atoms with Crippen molar-refractivity contribution in [2.24, 2.45) is 5.11 Å². The summed E-state index contributed by atoms with van der Waals surface area (Å²) in [5, 5.41) is 2.78. The molecule has 0 spiro atoms. The summed E-state index contributed by atoms with van der Waals surface area (Å²) in [6.45, 7) is 3.09. The summed E-state index contributed by atoms with van der Waals surface area (Å²) in [5.74, 6) is -0.588. The van der Waals surface area contributed by atoms with E-state index in [-0.39, 0.29) is 0 Å². The lowest BCUT2D eigenvalue weighted by atomic mass is 10.6. The first kappa shape index (κ1) is 5.72. The Labute approximate surface area is 40.1 Å². The van der Waals surface area contributed by atoms with Crippen molar-refractivity contribution in [3.05, 3.63) is 12.7 Å². The molecule has 0 saturated carbocycles. The van der Waals surface area contributed by atoms with Crippen LogP contribution in [0.4, 0.5) is 0 Å². The number of amides is 1. The summed E-state index contributed by atoms with van der Waals surface area (Å²) in [6, 6.07) is 0. The van der Waals surface area contributed by atoms with Gasteiger partial charge in [0.05, 0.1) is 0 Å². The molecule has 4 nitrogen and oxygen atoms in total. The lowest BCUT2D eigenvalue weighted by Crippen LogP contribution is -1.81. The second-order valence-corrected chi connectivity index (χ2v) is 0.742. The zero-order valence-corrected chi connectivity index (χ0v) is 3.59. The maximum absolute atomic E-state index is 9.91. The van der Waals surface area contributed by atoms with E-state index in [9.17, 15) is 4.79 Å². The molecule has 0 aliphatic heterocycles. The molecule has 7 heavy (non-hydrogen) atoms. The number of carbonyl (C=O) groups excluding carboxylic acids is 1. The molecule has 0 rings (SSSR count). The van der Waals surface area contributed by atoms with E-state index in [2.05, 4.69) is 16.6 Å². The van der Waals surface area contributed by atoms with E-state index in [0.29, 0.717) is 0 Å². The summed E-state index contributed by atoms with van der Waals surface area (Å²) in [7, 11) is 0. The Morgan fingerprint density at radius 1 is 2.00 bits per heavy atom. The molecular formula is C3H4N3O+. The first-order chi connectivity index (χ1) is 3.31. The van der Waals surface area contributed by atoms with Crippen LogP contribution >= 0.6 is 0 Å². The highest BCUT2D eigenvalue weighted by Crippen LogP contribution is 1.67. The van der Waals surface area contributed by atoms with E-state index in [1.54, 1.807) is 0 Å². The van der Waals surface area contributed by atoms with Crippen molar-refractivity contribution >= 4 is 5.91 Å². The Bertz CT molecular complexity index is 133. The van der Waals surface area contributed by atoms with Crippen molar-refractivity contribution in [1.82, 2.24) is 4.91 Å². The smallest absolute Gasteiger partial charge is 0.260 e. The summed E-state index contributed by atoms with van der Waals surface area (Å²) in [4.78, 5) is 12.4. The van der Waals surface area contributed by atoms with Crippen LogP contribution in [0.25, 0.3) is 0 Å². The summed E-state index contributed by atoms with van der Waals surface area (Å²) in [6.07, 6.45) is 0.984. The van der Waals surface area contributed by atoms with Crippen LogP contribution < -0.4 is 4.91 Å². The molecule has 0 aliphatic rings. The maximum atomic E-state index is 9.91. The van der Waals surface area contributed by atoms with E-state index in [1.807, 2.05) is 0 Å². The molecule has 0 aromatic carbocycles. The van der Waals surface area contributed by atoms with Crippen molar-refractivity contribution in [2.75, 3.05) is 0 Å². The van der Waals surface area contributed by atoms with Gasteiger partial charge >= 0.3 is 5.91 Å². The average Bonchev–Trinajstić information content (AvgIpc) is 1.68. The summed E-state index contributed by atoms with van der Waals surface area (Å²) in [5.41, 5.74) is 6.03. The molecule has 36 valence electrons. The van der Waals surface area contributed by atoms with Crippen LogP contribution in [0.2, 0.25) is 0 Å². The Morgan fingerprint density at radius 3 is 2.71 bits per heavy atom. The molecule has 1 N–H and O–H groups in total. The van der Waals surface area contributed by atoms with Crippen molar-refractivity contribution in [3.8, 4) is 0 Å². The average molecular weight is 98.1 g/mol. The second-order valence-electron chi connectivity index (χ2n) is 0.742. The Balaban J connectivity index is 3.82. The van der Waals surface area contributed by atoms with Crippen LogP contribution in [-0.4, -0.2) is 5.91 Å². The SMILES string of the molecule is C=CC(=O)N=[N+]=N. The minimum Gasteiger partial charge on any atom is -0.260 e. The molecule has 4 heteroatoms. The van der Waals surface area contributed by atoms with Crippen molar-refractivity contribution in [2.45, 2.75) is 0 Å². The number of carbonyl (C=O) groups is 1. The number of hydrogen-bond acceptors (Lipinski definition) is 2. The molecule has 0 saturated heterocycles. The normalized spacial score (nSPS) is 6.29. The zero-order valence-electron chi connectivity index (χ0n) is 3.59. The third-order valence-electron chi connectivity index (χ3n) is 0.323. The molecule has 0 aromatic rings. The van der Waals surface area contributed by atoms with E-state index in [0.717, 1.165) is 6.08 Å². The Morgan fingerprint density at radius 2 is 2.57 bits per heavy atom. The maximum Gasteiger partial charge on any atom is 0.352 e. The highest BCUT2D eigenvalue weighted by atomic mass is 16.1. The molecular weight excluding hydrogens is 94.1 g/mol. The topological polar surface area (TPSA) is 67.4 Å². The van der Waals surface area contributed by atoms with Crippen molar-refractivity contribution < 1.29 is 4.79 Å². The van der Waals surface area contributed by atoms with Crippen LogP contribution in [0.5, 0.6) is 0 Å². The van der Waals surface area contributed by atoms with Gasteiger partial charge in [0.1, 0.15) is 5.53 Å². The van der Waals surface area contributed by atoms with Gasteiger partial charge in [-0.25, -0.2) is 0 Å². The quantitative estimate of drug-likeness (QED) is 0.285. The van der Waals surface area contributed by atoms with Gasteiger partial charge in [0, 0.05) is 6.08 Å². The first-order valence-electron chi connectivity index (χ1n) is 1.55. The fraction of sp³-hybridized carbons (Fsp3) is 0. The van der Waals surface area contributed by atoms with Crippen LogP contribution in [0.15, 0.2) is 17.8 Å². The lowest BCUT2D eigenvalue weighted by Gasteiger charge is -1.56. The molecule has 0 heterocycles. The van der Waals surface area contributed by atoms with E-state index in [4.69, 9.17) is 5.53 Å². The molecule has 1 amide bonds. The first-order valence-corrected chi connectivity index (χ1v) is 1.55. The van der Waals surface area contributed by atoms with Gasteiger partial charge in [-0.15, -0.1) is 0 Å². The Hall–Kier alpha value is -1.28. The van der Waals surface area contributed by atoms with E-state index >= 15 is 0 Å². The van der Waals surface area contributed by atoms with Crippen LogP contribution in [0, 0.1) is 5.53 Å². The standard InChI is InChI=1S/C3H4N3O/c1-2-3(7)5-6-4/h2,4H,1H2/q+1. The fourth-order valence-electron chi connectivity index (χ4n) is 0.0901. The highest BCUT2D eigenvalue weighted by Gasteiger charge is 1.92. The van der Waals surface area contributed by atoms with Gasteiger partial charge in [-0.3, -0.25) is 4.79 Å². The molecule has 0 aromatic heterocycles. The molecule has 0 aliphatic carbocycles. The highest BCUT2D eigenvalue weighted by molar-refractivity contribution is 5.86. The zero-order chi connectivity index (χ0) is 5.70. The lowest BCUT2D eigenvalue weighted by molar-refractivity contribution is -0.114. The van der Waals surface area contributed by atoms with Gasteiger partial charge in [-0.2, -0.15) is 0 Å². The second kappa shape index (κ2) is 2.93. The van der Waals surface area contributed by atoms with Gasteiger partial charge in [0.25, 0.3) is 0 Å². The fourth-order valence-corrected chi connectivity index (χ4v) is 0.0901. The number of rotatable bonds is 1. The number of nitrogens with zero attached hydrogens (tertiary/aromatic N) is 2. The van der Waals surface area contributed by atoms with Gasteiger partial charge in [0.2, 0.25) is 10.0 Å². The predicted octanol–water partition coefficient (Wildman–Crippen LogP) is 0.249. The minimum atomic E-state index is -0.588. The third kappa shape index (κ3) is 2.52. The molecule has 0 atom stereocenters. The van der Waals surface area contributed by atoms with Crippen LogP contribution in [-0.2, 0) is 4.79 Å². The van der Waals surface area contributed by atoms with Gasteiger partial charge in [0.15, 0.2) is 0 Å². The molecule has 0 radical (unpaired) electrons. The largest absolute Gasteiger partial charge is 0.352 e. The summed E-state index contributed by atoms with van der Waals surface area (Å²) < 4.78 is 0. The molecule has 0 fully saturated rings. The van der Waals surface area contributed by atoms with Gasteiger partial charge < -0.3 is 0 Å². The molecule has 0 bridgehead atoms. The summed E-state index contributed by atoms with van der Waals surface area (Å²) >= 11 is 0. The van der Waals surface area contributed by atoms with Gasteiger partial charge in [-0.05, 0) is 0 Å². The number of hydrogen-bond donors (Lipinski definition) is 1. The number of nitrogens with one attached hydrogen (secondary N) is 1.